The third-order valence-corrected chi connectivity index (χ3v) is 4.57. The molecule has 1 amide bonds. The van der Waals surface area contributed by atoms with Crippen molar-refractivity contribution in [3.05, 3.63) is 65.5 Å². The standard InChI is InChI=1S/C20H25N3O/c1-16-6-4-7-17(14-16)20(24)23(15-18-8-2-3-12-22-18)19-9-5-11-21-13-10-19/h2-4,6-8,12,14,19,21H,5,9-11,13,15H2,1H3/t19-/m0/s1. The SMILES string of the molecule is Cc1cccc(C(=O)N(Cc2ccccn2)[C@H]2CCCNCC2)c1. The summed E-state index contributed by atoms with van der Waals surface area (Å²) in [6.45, 7) is 4.59. The largest absolute Gasteiger partial charge is 0.330 e. The molecule has 4 nitrogen and oxygen atoms in total. The minimum Gasteiger partial charge on any atom is -0.330 e. The van der Waals surface area contributed by atoms with Crippen LogP contribution in [0.1, 0.15) is 40.9 Å². The van der Waals surface area contributed by atoms with Crippen molar-refractivity contribution < 1.29 is 4.79 Å². The molecule has 1 aliphatic rings. The van der Waals surface area contributed by atoms with Crippen molar-refractivity contribution in [1.29, 1.82) is 0 Å². The van der Waals surface area contributed by atoms with Crippen molar-refractivity contribution in [2.45, 2.75) is 38.8 Å². The van der Waals surface area contributed by atoms with E-state index in [1.807, 2.05) is 54.3 Å². The number of nitrogens with zero attached hydrogens (tertiary/aromatic N) is 2. The van der Waals surface area contributed by atoms with Gasteiger partial charge in [0.25, 0.3) is 5.91 Å². The van der Waals surface area contributed by atoms with Crippen LogP contribution in [0.15, 0.2) is 48.7 Å². The van der Waals surface area contributed by atoms with E-state index in [9.17, 15) is 4.79 Å². The quantitative estimate of drug-likeness (QED) is 0.940. The van der Waals surface area contributed by atoms with Gasteiger partial charge in [-0.1, -0.05) is 23.8 Å². The second-order valence-corrected chi connectivity index (χ2v) is 6.46. The maximum Gasteiger partial charge on any atom is 0.254 e. The van der Waals surface area contributed by atoms with E-state index in [1.54, 1.807) is 6.20 Å². The molecule has 0 bridgehead atoms. The average Bonchev–Trinajstić information content (AvgIpc) is 2.89. The van der Waals surface area contributed by atoms with Crippen LogP contribution >= 0.6 is 0 Å². The first-order valence-corrected chi connectivity index (χ1v) is 8.72. The molecule has 1 N–H and O–H groups in total. The minimum absolute atomic E-state index is 0.108. The number of hydrogen-bond donors (Lipinski definition) is 1. The van der Waals surface area contributed by atoms with E-state index < -0.39 is 0 Å². The zero-order chi connectivity index (χ0) is 16.8. The zero-order valence-electron chi connectivity index (χ0n) is 14.2. The van der Waals surface area contributed by atoms with E-state index in [-0.39, 0.29) is 11.9 Å². The Kier molecular flexibility index (Phi) is 5.59. The lowest BCUT2D eigenvalue weighted by molar-refractivity contribution is 0.0642. The Morgan fingerprint density at radius 2 is 2.12 bits per heavy atom. The number of nitrogens with one attached hydrogen (secondary N) is 1. The van der Waals surface area contributed by atoms with Crippen molar-refractivity contribution in [3.8, 4) is 0 Å². The first kappa shape index (κ1) is 16.7. The summed E-state index contributed by atoms with van der Waals surface area (Å²) >= 11 is 0. The summed E-state index contributed by atoms with van der Waals surface area (Å²) in [7, 11) is 0. The van der Waals surface area contributed by atoms with E-state index in [1.165, 1.54) is 0 Å². The van der Waals surface area contributed by atoms with E-state index >= 15 is 0 Å². The summed E-state index contributed by atoms with van der Waals surface area (Å²) in [6, 6.07) is 14.0. The zero-order valence-corrected chi connectivity index (χ0v) is 14.2. The van der Waals surface area contributed by atoms with Gasteiger partial charge in [-0.3, -0.25) is 9.78 Å². The number of carbonyl (C=O) groups is 1. The number of pyridine rings is 1. The third kappa shape index (κ3) is 4.20. The lowest BCUT2D eigenvalue weighted by Crippen LogP contribution is -2.40. The van der Waals surface area contributed by atoms with Gasteiger partial charge < -0.3 is 10.2 Å². The van der Waals surface area contributed by atoms with Gasteiger partial charge in [-0.15, -0.1) is 0 Å². The Hall–Kier alpha value is -2.20. The number of aromatic nitrogens is 1. The number of hydrogen-bond acceptors (Lipinski definition) is 3. The molecule has 1 aliphatic heterocycles. The Morgan fingerprint density at radius 1 is 1.21 bits per heavy atom. The first-order valence-electron chi connectivity index (χ1n) is 8.72. The Balaban J connectivity index is 1.86. The Morgan fingerprint density at radius 3 is 2.92 bits per heavy atom. The molecule has 3 rings (SSSR count). The fourth-order valence-corrected chi connectivity index (χ4v) is 3.29. The second-order valence-electron chi connectivity index (χ2n) is 6.46. The molecular weight excluding hydrogens is 298 g/mol. The lowest BCUT2D eigenvalue weighted by Gasteiger charge is -2.31. The normalized spacial score (nSPS) is 18.0. The van der Waals surface area contributed by atoms with E-state index in [2.05, 4.69) is 10.3 Å². The van der Waals surface area contributed by atoms with Crippen LogP contribution in [0.4, 0.5) is 0 Å². The molecule has 0 radical (unpaired) electrons. The van der Waals surface area contributed by atoms with Gasteiger partial charge in [-0.2, -0.15) is 0 Å². The molecule has 1 atom stereocenters. The molecule has 1 aromatic heterocycles. The molecule has 1 saturated heterocycles. The second kappa shape index (κ2) is 8.06. The monoisotopic (exact) mass is 323 g/mol. The molecule has 1 fully saturated rings. The van der Waals surface area contributed by atoms with Gasteiger partial charge in [0.1, 0.15) is 0 Å². The van der Waals surface area contributed by atoms with Crippen LogP contribution in [-0.4, -0.2) is 34.9 Å². The molecule has 4 heteroatoms. The van der Waals surface area contributed by atoms with Crippen LogP contribution in [0.25, 0.3) is 0 Å². The maximum absolute atomic E-state index is 13.2. The Bertz CT molecular complexity index is 664. The van der Waals surface area contributed by atoms with Crippen molar-refractivity contribution in [3.63, 3.8) is 0 Å². The lowest BCUT2D eigenvalue weighted by atomic mass is 10.0. The van der Waals surface area contributed by atoms with Gasteiger partial charge in [0.2, 0.25) is 0 Å². The van der Waals surface area contributed by atoms with Crippen molar-refractivity contribution >= 4 is 5.91 Å². The molecule has 24 heavy (non-hydrogen) atoms. The van der Waals surface area contributed by atoms with Crippen LogP contribution in [0.3, 0.4) is 0 Å². The summed E-state index contributed by atoms with van der Waals surface area (Å²) in [4.78, 5) is 19.6. The number of benzene rings is 1. The van der Waals surface area contributed by atoms with Crippen LogP contribution in [0.2, 0.25) is 0 Å². The maximum atomic E-state index is 13.2. The highest BCUT2D eigenvalue weighted by molar-refractivity contribution is 5.94. The number of aryl methyl sites for hydroxylation is 1. The summed E-state index contributed by atoms with van der Waals surface area (Å²) in [5.74, 6) is 0.108. The number of rotatable bonds is 4. The summed E-state index contributed by atoms with van der Waals surface area (Å²) in [5.41, 5.74) is 2.82. The van der Waals surface area contributed by atoms with Crippen molar-refractivity contribution in [2.24, 2.45) is 0 Å². The summed E-state index contributed by atoms with van der Waals surface area (Å²) in [6.07, 6.45) is 4.92. The minimum atomic E-state index is 0.108. The number of amides is 1. The summed E-state index contributed by atoms with van der Waals surface area (Å²) < 4.78 is 0. The van der Waals surface area contributed by atoms with Crippen LogP contribution in [0, 0.1) is 6.92 Å². The van der Waals surface area contributed by atoms with Crippen LogP contribution in [0.5, 0.6) is 0 Å². The van der Waals surface area contributed by atoms with E-state index in [0.717, 1.165) is 49.2 Å². The molecular formula is C20H25N3O. The molecule has 2 heterocycles. The Labute approximate surface area is 143 Å². The van der Waals surface area contributed by atoms with Gasteiger partial charge in [-0.05, 0) is 63.5 Å². The molecule has 126 valence electrons. The van der Waals surface area contributed by atoms with Gasteiger partial charge >= 0.3 is 0 Å². The van der Waals surface area contributed by atoms with Gasteiger partial charge in [-0.25, -0.2) is 0 Å². The molecule has 2 aromatic rings. The fraction of sp³-hybridized carbons (Fsp3) is 0.400. The van der Waals surface area contributed by atoms with Crippen LogP contribution in [-0.2, 0) is 6.54 Å². The van der Waals surface area contributed by atoms with Crippen molar-refractivity contribution in [2.75, 3.05) is 13.1 Å². The molecule has 1 aromatic carbocycles. The molecule has 0 spiro atoms. The highest BCUT2D eigenvalue weighted by Crippen LogP contribution is 2.20. The smallest absolute Gasteiger partial charge is 0.254 e. The van der Waals surface area contributed by atoms with Gasteiger partial charge in [0.15, 0.2) is 0 Å². The molecule has 0 saturated carbocycles. The van der Waals surface area contributed by atoms with Crippen LogP contribution < -0.4 is 5.32 Å². The predicted molar refractivity (Wildman–Crippen MR) is 95.8 cm³/mol. The molecule has 0 unspecified atom stereocenters. The van der Waals surface area contributed by atoms with E-state index in [4.69, 9.17) is 0 Å². The van der Waals surface area contributed by atoms with Gasteiger partial charge in [0, 0.05) is 17.8 Å². The van der Waals surface area contributed by atoms with Crippen molar-refractivity contribution in [1.82, 2.24) is 15.2 Å². The summed E-state index contributed by atoms with van der Waals surface area (Å²) in [5, 5.41) is 3.43. The third-order valence-electron chi connectivity index (χ3n) is 4.57. The predicted octanol–water partition coefficient (Wildman–Crippen LogP) is 3.17. The highest BCUT2D eigenvalue weighted by Gasteiger charge is 2.26. The molecule has 0 aliphatic carbocycles. The fourth-order valence-electron chi connectivity index (χ4n) is 3.29. The first-order chi connectivity index (χ1) is 11.7. The number of carbonyl (C=O) groups excluding carboxylic acids is 1. The highest BCUT2D eigenvalue weighted by atomic mass is 16.2. The topological polar surface area (TPSA) is 45.2 Å². The van der Waals surface area contributed by atoms with Gasteiger partial charge in [0.05, 0.1) is 12.2 Å². The van der Waals surface area contributed by atoms with E-state index in [0.29, 0.717) is 6.54 Å². The average molecular weight is 323 g/mol.